The fraction of sp³-hybridized carbons (Fsp3) is 0.364. The summed E-state index contributed by atoms with van der Waals surface area (Å²) < 4.78 is 27.1. The van der Waals surface area contributed by atoms with Crippen LogP contribution in [0.15, 0.2) is 47.4 Å². The van der Waals surface area contributed by atoms with Crippen LogP contribution in [0.2, 0.25) is 0 Å². The van der Waals surface area contributed by atoms with Crippen LogP contribution in [0.4, 0.5) is 11.4 Å². The molecule has 0 aliphatic carbocycles. The Bertz CT molecular complexity index is 1080. The minimum Gasteiger partial charge on any atom is -0.325 e. The van der Waals surface area contributed by atoms with E-state index >= 15 is 0 Å². The normalized spacial score (nSPS) is 15.9. The summed E-state index contributed by atoms with van der Waals surface area (Å²) in [5.41, 5.74) is 3.23. The van der Waals surface area contributed by atoms with Crippen LogP contribution in [-0.2, 0) is 32.5 Å². The maximum absolute atomic E-state index is 13.0. The number of hydrogen-bond donors (Lipinski definition) is 1. The lowest BCUT2D eigenvalue weighted by Gasteiger charge is -2.21. The molecule has 2 aromatic rings. The van der Waals surface area contributed by atoms with Crippen molar-refractivity contribution in [1.82, 2.24) is 4.31 Å². The van der Waals surface area contributed by atoms with Crippen LogP contribution in [0.3, 0.4) is 0 Å². The molecule has 0 bridgehead atoms. The van der Waals surface area contributed by atoms with Gasteiger partial charge in [0.25, 0.3) is 0 Å². The Kier molecular flexibility index (Phi) is 6.28. The average molecular weight is 430 g/mol. The number of sulfonamides is 1. The third-order valence-electron chi connectivity index (χ3n) is 5.35. The quantitative estimate of drug-likeness (QED) is 0.765. The predicted molar refractivity (Wildman–Crippen MR) is 117 cm³/mol. The molecule has 2 aromatic carbocycles. The number of nitrogens with one attached hydrogen (secondary N) is 1. The SMILES string of the molecule is CCc1ccccc1NC(=O)CN(C)S(=O)(=O)c1ccc2c(c1)CC(C)N2C(C)=O. The number of carbonyl (C=O) groups is 2. The lowest BCUT2D eigenvalue weighted by atomic mass is 10.1. The first-order valence-electron chi connectivity index (χ1n) is 9.92. The third-order valence-corrected chi connectivity index (χ3v) is 7.15. The molecule has 7 nitrogen and oxygen atoms in total. The van der Waals surface area contributed by atoms with Gasteiger partial charge in [-0.05, 0) is 55.2 Å². The molecule has 1 N–H and O–H groups in total. The van der Waals surface area contributed by atoms with Crippen molar-refractivity contribution < 1.29 is 18.0 Å². The van der Waals surface area contributed by atoms with Crippen molar-refractivity contribution in [3.05, 3.63) is 53.6 Å². The van der Waals surface area contributed by atoms with Gasteiger partial charge in [-0.25, -0.2) is 8.42 Å². The number of rotatable bonds is 6. The molecule has 0 saturated heterocycles. The van der Waals surface area contributed by atoms with Crippen molar-refractivity contribution in [3.63, 3.8) is 0 Å². The predicted octanol–water partition coefficient (Wildman–Crippen LogP) is 2.81. The fourth-order valence-electron chi connectivity index (χ4n) is 3.86. The van der Waals surface area contributed by atoms with E-state index in [2.05, 4.69) is 5.32 Å². The Morgan fingerprint density at radius 1 is 1.20 bits per heavy atom. The molecule has 1 aliphatic rings. The first-order chi connectivity index (χ1) is 14.1. The van der Waals surface area contributed by atoms with Gasteiger partial charge in [-0.15, -0.1) is 0 Å². The largest absolute Gasteiger partial charge is 0.325 e. The molecule has 3 rings (SSSR count). The molecule has 0 aromatic heterocycles. The number of aryl methyl sites for hydroxylation is 1. The smallest absolute Gasteiger partial charge is 0.243 e. The van der Waals surface area contributed by atoms with E-state index in [9.17, 15) is 18.0 Å². The van der Waals surface area contributed by atoms with E-state index in [0.29, 0.717) is 12.1 Å². The van der Waals surface area contributed by atoms with Gasteiger partial charge in [0, 0.05) is 31.4 Å². The Labute approximate surface area is 177 Å². The Balaban J connectivity index is 1.76. The molecule has 1 atom stereocenters. The van der Waals surface area contributed by atoms with Gasteiger partial charge in [0.2, 0.25) is 21.8 Å². The Morgan fingerprint density at radius 2 is 1.90 bits per heavy atom. The maximum Gasteiger partial charge on any atom is 0.243 e. The van der Waals surface area contributed by atoms with E-state index in [4.69, 9.17) is 0 Å². The van der Waals surface area contributed by atoms with Gasteiger partial charge in [0.05, 0.1) is 11.4 Å². The zero-order chi connectivity index (χ0) is 22.1. The standard InChI is InChI=1S/C22H27N3O4S/c1-5-17-8-6-7-9-20(17)23-22(27)14-24(4)30(28,29)19-10-11-21-18(13-19)12-15(2)25(21)16(3)26/h6-11,13,15H,5,12,14H2,1-4H3,(H,23,27). The zero-order valence-electron chi connectivity index (χ0n) is 17.7. The summed E-state index contributed by atoms with van der Waals surface area (Å²) in [6, 6.07) is 12.2. The summed E-state index contributed by atoms with van der Waals surface area (Å²) in [5, 5.41) is 2.79. The second-order valence-corrected chi connectivity index (χ2v) is 9.60. The van der Waals surface area contributed by atoms with E-state index < -0.39 is 15.9 Å². The maximum atomic E-state index is 13.0. The minimum atomic E-state index is -3.85. The van der Waals surface area contributed by atoms with E-state index in [0.717, 1.165) is 27.5 Å². The number of anilines is 2. The van der Waals surface area contributed by atoms with Crippen molar-refractivity contribution in [2.24, 2.45) is 0 Å². The van der Waals surface area contributed by atoms with Gasteiger partial charge >= 0.3 is 0 Å². The van der Waals surface area contributed by atoms with Gasteiger partial charge in [0.15, 0.2) is 0 Å². The van der Waals surface area contributed by atoms with Gasteiger partial charge in [-0.2, -0.15) is 4.31 Å². The molecule has 1 unspecified atom stereocenters. The number of fused-ring (bicyclic) bond motifs is 1. The number of para-hydroxylation sites is 1. The summed E-state index contributed by atoms with van der Waals surface area (Å²) in [6.07, 6.45) is 1.35. The van der Waals surface area contributed by atoms with Crippen molar-refractivity contribution >= 4 is 33.2 Å². The van der Waals surface area contributed by atoms with E-state index in [1.807, 2.05) is 32.0 Å². The van der Waals surface area contributed by atoms with Crippen LogP contribution in [0, 0.1) is 0 Å². The number of nitrogens with zero attached hydrogens (tertiary/aromatic N) is 2. The number of benzene rings is 2. The van der Waals surface area contributed by atoms with Crippen molar-refractivity contribution in [1.29, 1.82) is 0 Å². The van der Waals surface area contributed by atoms with Crippen LogP contribution in [-0.4, -0.2) is 44.2 Å². The Hall–Kier alpha value is -2.71. The second-order valence-electron chi connectivity index (χ2n) is 7.55. The summed E-state index contributed by atoms with van der Waals surface area (Å²) in [7, 11) is -2.46. The van der Waals surface area contributed by atoms with Crippen molar-refractivity contribution in [2.75, 3.05) is 23.8 Å². The molecule has 1 aliphatic heterocycles. The van der Waals surface area contributed by atoms with Gasteiger partial charge < -0.3 is 10.2 Å². The summed E-state index contributed by atoms with van der Waals surface area (Å²) >= 11 is 0. The number of hydrogen-bond acceptors (Lipinski definition) is 4. The molecule has 2 amide bonds. The number of amides is 2. The van der Waals surface area contributed by atoms with Crippen LogP contribution in [0.5, 0.6) is 0 Å². The number of likely N-dealkylation sites (N-methyl/N-ethyl adjacent to an activating group) is 1. The second kappa shape index (κ2) is 8.57. The highest BCUT2D eigenvalue weighted by atomic mass is 32.2. The lowest BCUT2D eigenvalue weighted by Crippen LogP contribution is -2.35. The minimum absolute atomic E-state index is 0.0161. The highest BCUT2D eigenvalue weighted by Crippen LogP contribution is 2.34. The highest BCUT2D eigenvalue weighted by molar-refractivity contribution is 7.89. The van der Waals surface area contributed by atoms with E-state index in [1.54, 1.807) is 23.1 Å². The fourth-order valence-corrected chi connectivity index (χ4v) is 5.03. The average Bonchev–Trinajstić information content (AvgIpc) is 3.03. The van der Waals surface area contributed by atoms with Gasteiger partial charge in [-0.1, -0.05) is 25.1 Å². The monoisotopic (exact) mass is 429 g/mol. The molecule has 8 heteroatoms. The molecule has 30 heavy (non-hydrogen) atoms. The van der Waals surface area contributed by atoms with E-state index in [1.165, 1.54) is 20.0 Å². The molecule has 0 saturated carbocycles. The first kappa shape index (κ1) is 22.0. The van der Waals surface area contributed by atoms with Crippen molar-refractivity contribution in [2.45, 2.75) is 44.6 Å². The van der Waals surface area contributed by atoms with Crippen molar-refractivity contribution in [3.8, 4) is 0 Å². The lowest BCUT2D eigenvalue weighted by molar-refractivity contribution is -0.117. The van der Waals surface area contributed by atoms with E-state index in [-0.39, 0.29) is 23.4 Å². The first-order valence-corrected chi connectivity index (χ1v) is 11.4. The highest BCUT2D eigenvalue weighted by Gasteiger charge is 2.31. The van der Waals surface area contributed by atoms with Crippen LogP contribution in [0.1, 0.15) is 31.9 Å². The topological polar surface area (TPSA) is 86.8 Å². The summed E-state index contributed by atoms with van der Waals surface area (Å²) in [5.74, 6) is -0.475. The third kappa shape index (κ3) is 4.24. The molecular weight excluding hydrogens is 402 g/mol. The summed E-state index contributed by atoms with van der Waals surface area (Å²) in [6.45, 7) is 5.12. The molecule has 0 spiro atoms. The molecule has 1 heterocycles. The van der Waals surface area contributed by atoms with Gasteiger partial charge in [-0.3, -0.25) is 9.59 Å². The zero-order valence-corrected chi connectivity index (χ0v) is 18.5. The molecule has 0 radical (unpaired) electrons. The van der Waals surface area contributed by atoms with Crippen LogP contribution >= 0.6 is 0 Å². The van der Waals surface area contributed by atoms with Crippen LogP contribution in [0.25, 0.3) is 0 Å². The molecular formula is C22H27N3O4S. The van der Waals surface area contributed by atoms with Gasteiger partial charge in [0.1, 0.15) is 0 Å². The number of carbonyl (C=O) groups excluding carboxylic acids is 2. The van der Waals surface area contributed by atoms with Crippen LogP contribution < -0.4 is 10.2 Å². The Morgan fingerprint density at radius 3 is 2.57 bits per heavy atom. The molecule has 160 valence electrons. The molecule has 0 fully saturated rings. The summed E-state index contributed by atoms with van der Waals surface area (Å²) in [4.78, 5) is 26.1.